The average molecular weight is 386 g/mol. The standard InChI is InChI=1S/C23H22N4O2/c28-22-20(17-5-4-10-24-12-17)8-9-21-18-11-16(14-27(21)22)13-26(15-18)23(29)25-19-6-2-1-3-7-19/h1-10,12,16,18H,11,13-15H2,(H,25,29)/t16-,18+/m0/s1. The molecule has 1 fully saturated rings. The third-order valence-corrected chi connectivity index (χ3v) is 5.89. The third kappa shape index (κ3) is 3.31. The van der Waals surface area contributed by atoms with E-state index in [2.05, 4.69) is 10.3 Å². The molecule has 2 aliphatic rings. The van der Waals surface area contributed by atoms with Gasteiger partial charge in [-0.3, -0.25) is 9.78 Å². The summed E-state index contributed by atoms with van der Waals surface area (Å²) in [6.45, 7) is 1.94. The summed E-state index contributed by atoms with van der Waals surface area (Å²) in [5, 5.41) is 2.98. The lowest BCUT2D eigenvalue weighted by Gasteiger charge is -2.42. The van der Waals surface area contributed by atoms with Crippen molar-refractivity contribution in [1.82, 2.24) is 14.5 Å². The molecule has 2 aromatic heterocycles. The number of piperidine rings is 1. The van der Waals surface area contributed by atoms with Crippen LogP contribution in [0, 0.1) is 5.92 Å². The fraction of sp³-hybridized carbons (Fsp3) is 0.261. The van der Waals surface area contributed by atoms with Crippen molar-refractivity contribution in [3.63, 3.8) is 0 Å². The summed E-state index contributed by atoms with van der Waals surface area (Å²) in [4.78, 5) is 31.9. The highest BCUT2D eigenvalue weighted by Crippen LogP contribution is 2.36. The predicted molar refractivity (Wildman–Crippen MR) is 112 cm³/mol. The molecule has 146 valence electrons. The number of rotatable bonds is 2. The van der Waals surface area contributed by atoms with Gasteiger partial charge in [0.1, 0.15) is 0 Å². The topological polar surface area (TPSA) is 67.2 Å². The molecule has 6 nitrogen and oxygen atoms in total. The van der Waals surface area contributed by atoms with E-state index in [1.165, 1.54) is 0 Å². The molecule has 2 aliphatic heterocycles. The number of benzene rings is 1. The minimum absolute atomic E-state index is 0.0346. The van der Waals surface area contributed by atoms with Crippen LogP contribution < -0.4 is 10.9 Å². The highest BCUT2D eigenvalue weighted by Gasteiger charge is 2.36. The second-order valence-electron chi connectivity index (χ2n) is 7.83. The molecule has 1 N–H and O–H groups in total. The van der Waals surface area contributed by atoms with E-state index in [0.29, 0.717) is 25.2 Å². The minimum Gasteiger partial charge on any atom is -0.324 e. The lowest BCUT2D eigenvalue weighted by molar-refractivity contribution is 0.139. The van der Waals surface area contributed by atoms with Gasteiger partial charge >= 0.3 is 6.03 Å². The van der Waals surface area contributed by atoms with Crippen molar-refractivity contribution < 1.29 is 4.79 Å². The number of nitrogens with one attached hydrogen (secondary N) is 1. The molecule has 0 spiro atoms. The smallest absolute Gasteiger partial charge is 0.321 e. The fourth-order valence-electron chi connectivity index (χ4n) is 4.58. The highest BCUT2D eigenvalue weighted by atomic mass is 16.2. The van der Waals surface area contributed by atoms with Crippen LogP contribution in [0.1, 0.15) is 18.0 Å². The lowest BCUT2D eigenvalue weighted by atomic mass is 9.83. The van der Waals surface area contributed by atoms with E-state index in [-0.39, 0.29) is 23.4 Å². The molecule has 2 amide bonds. The van der Waals surface area contributed by atoms with Gasteiger partial charge in [0.25, 0.3) is 5.56 Å². The normalized spacial score (nSPS) is 20.1. The largest absolute Gasteiger partial charge is 0.324 e. The van der Waals surface area contributed by atoms with E-state index in [9.17, 15) is 9.59 Å². The molecule has 6 heteroatoms. The van der Waals surface area contributed by atoms with Gasteiger partial charge in [0.2, 0.25) is 0 Å². The molecular formula is C23H22N4O2. The summed E-state index contributed by atoms with van der Waals surface area (Å²) in [5.41, 5.74) is 3.38. The maximum atomic E-state index is 13.1. The number of para-hydroxylation sites is 1. The Labute approximate surface area is 168 Å². The summed E-state index contributed by atoms with van der Waals surface area (Å²) in [5.74, 6) is 0.462. The van der Waals surface area contributed by atoms with Crippen molar-refractivity contribution in [3.8, 4) is 11.1 Å². The van der Waals surface area contributed by atoms with Gasteiger partial charge in [0.05, 0.1) is 0 Å². The molecule has 0 saturated carbocycles. The molecule has 0 unspecified atom stereocenters. The number of aromatic nitrogens is 2. The first-order valence-corrected chi connectivity index (χ1v) is 9.94. The van der Waals surface area contributed by atoms with Crippen LogP contribution >= 0.6 is 0 Å². The number of anilines is 1. The third-order valence-electron chi connectivity index (χ3n) is 5.89. The van der Waals surface area contributed by atoms with Crippen LogP contribution in [0.15, 0.2) is 71.8 Å². The molecule has 29 heavy (non-hydrogen) atoms. The summed E-state index contributed by atoms with van der Waals surface area (Å²) in [6, 6.07) is 17.1. The number of urea groups is 1. The second-order valence-corrected chi connectivity index (χ2v) is 7.83. The predicted octanol–water partition coefficient (Wildman–Crippen LogP) is 3.56. The molecule has 5 rings (SSSR count). The monoisotopic (exact) mass is 386 g/mol. The summed E-state index contributed by atoms with van der Waals surface area (Å²) in [6.07, 6.45) is 4.45. The first kappa shape index (κ1) is 17.7. The number of pyridine rings is 2. The first-order valence-electron chi connectivity index (χ1n) is 9.94. The Morgan fingerprint density at radius 3 is 2.66 bits per heavy atom. The number of likely N-dealkylation sites (tertiary alicyclic amines) is 1. The Bertz CT molecular complexity index is 1090. The maximum absolute atomic E-state index is 13.1. The van der Waals surface area contributed by atoms with E-state index in [0.717, 1.165) is 23.4 Å². The Morgan fingerprint density at radius 2 is 1.86 bits per heavy atom. The van der Waals surface area contributed by atoms with Crippen LogP contribution in [-0.4, -0.2) is 33.6 Å². The van der Waals surface area contributed by atoms with Crippen molar-refractivity contribution in [2.45, 2.75) is 18.9 Å². The number of hydrogen-bond acceptors (Lipinski definition) is 3. The molecular weight excluding hydrogens is 364 g/mol. The number of nitrogens with zero attached hydrogens (tertiary/aromatic N) is 3. The first-order chi connectivity index (χ1) is 14.2. The fourth-order valence-corrected chi connectivity index (χ4v) is 4.58. The van der Waals surface area contributed by atoms with Crippen molar-refractivity contribution in [2.75, 3.05) is 18.4 Å². The molecule has 1 aromatic carbocycles. The SMILES string of the molecule is O=C(Nc1ccccc1)N1C[C@@H]2C[C@H](C1)c1ccc(-c3cccnc3)c(=O)n1C2. The molecule has 4 heterocycles. The number of hydrogen-bond donors (Lipinski definition) is 1. The van der Waals surface area contributed by atoms with Gasteiger partial charge in [-0.05, 0) is 42.7 Å². The van der Waals surface area contributed by atoms with Crippen LogP contribution in [0.4, 0.5) is 10.5 Å². The Hall–Kier alpha value is -3.41. The number of carbonyl (C=O) groups is 1. The Morgan fingerprint density at radius 1 is 1.00 bits per heavy atom. The van der Waals surface area contributed by atoms with Crippen molar-refractivity contribution >= 4 is 11.7 Å². The van der Waals surface area contributed by atoms with Crippen molar-refractivity contribution in [1.29, 1.82) is 0 Å². The van der Waals surface area contributed by atoms with Gasteiger partial charge in [0.15, 0.2) is 0 Å². The van der Waals surface area contributed by atoms with Gasteiger partial charge in [0, 0.05) is 60.5 Å². The molecule has 2 bridgehead atoms. The van der Waals surface area contributed by atoms with Crippen molar-refractivity contribution in [3.05, 3.63) is 83.0 Å². The molecule has 3 aromatic rings. The summed E-state index contributed by atoms with van der Waals surface area (Å²) >= 11 is 0. The zero-order valence-electron chi connectivity index (χ0n) is 16.0. The van der Waals surface area contributed by atoms with Crippen LogP contribution in [-0.2, 0) is 6.54 Å². The molecule has 1 saturated heterocycles. The molecule has 0 radical (unpaired) electrons. The zero-order chi connectivity index (χ0) is 19.8. The number of carbonyl (C=O) groups excluding carboxylic acids is 1. The van der Waals surface area contributed by atoms with Crippen LogP contribution in [0.2, 0.25) is 0 Å². The van der Waals surface area contributed by atoms with Crippen molar-refractivity contribution in [2.24, 2.45) is 5.92 Å². The summed E-state index contributed by atoms with van der Waals surface area (Å²) < 4.78 is 1.91. The number of amides is 2. The average Bonchev–Trinajstić information content (AvgIpc) is 2.76. The maximum Gasteiger partial charge on any atom is 0.321 e. The lowest BCUT2D eigenvalue weighted by Crippen LogP contribution is -2.50. The van der Waals surface area contributed by atoms with Gasteiger partial charge in [-0.2, -0.15) is 0 Å². The molecule has 0 aliphatic carbocycles. The van der Waals surface area contributed by atoms with Gasteiger partial charge < -0.3 is 14.8 Å². The zero-order valence-corrected chi connectivity index (χ0v) is 16.0. The van der Waals surface area contributed by atoms with E-state index in [1.54, 1.807) is 12.4 Å². The van der Waals surface area contributed by atoms with Gasteiger partial charge in [-0.1, -0.05) is 24.3 Å². The van der Waals surface area contributed by atoms with E-state index >= 15 is 0 Å². The minimum atomic E-state index is -0.0753. The molecule has 2 atom stereocenters. The van der Waals surface area contributed by atoms with E-state index in [4.69, 9.17) is 0 Å². The Balaban J connectivity index is 1.40. The van der Waals surface area contributed by atoms with Gasteiger partial charge in [-0.25, -0.2) is 4.79 Å². The second kappa shape index (κ2) is 7.20. The van der Waals surface area contributed by atoms with E-state index < -0.39 is 0 Å². The summed E-state index contributed by atoms with van der Waals surface area (Å²) in [7, 11) is 0. The van der Waals surface area contributed by atoms with Gasteiger partial charge in [-0.15, -0.1) is 0 Å². The highest BCUT2D eigenvalue weighted by molar-refractivity contribution is 5.89. The van der Waals surface area contributed by atoms with E-state index in [1.807, 2.05) is 64.1 Å². The number of fused-ring (bicyclic) bond motifs is 4. The van der Waals surface area contributed by atoms with Crippen LogP contribution in [0.25, 0.3) is 11.1 Å². The quantitative estimate of drug-likeness (QED) is 0.732. The van der Waals surface area contributed by atoms with Crippen LogP contribution in [0.5, 0.6) is 0 Å². The Kier molecular flexibility index (Phi) is 4.39. The van der Waals surface area contributed by atoms with Crippen LogP contribution in [0.3, 0.4) is 0 Å².